The molecule has 3 aromatic rings. The Morgan fingerprint density at radius 1 is 1.02 bits per heavy atom. The van der Waals surface area contributed by atoms with Gasteiger partial charge in [-0.2, -0.15) is 0 Å². The molecule has 1 aliphatic heterocycles. The van der Waals surface area contributed by atoms with Crippen LogP contribution in [0.15, 0.2) is 36.7 Å². The molecule has 2 heterocycles. The van der Waals surface area contributed by atoms with Crippen LogP contribution in [0, 0.1) is 0 Å². The summed E-state index contributed by atoms with van der Waals surface area (Å²) in [4.78, 5) is 32.8. The van der Waals surface area contributed by atoms with Gasteiger partial charge in [0.05, 0.1) is 40.2 Å². The third-order valence-electron chi connectivity index (χ3n) is 7.03. The molecule has 0 unspecified atom stereocenters. The summed E-state index contributed by atoms with van der Waals surface area (Å²) in [5.41, 5.74) is 0.500. The summed E-state index contributed by atoms with van der Waals surface area (Å²) in [6.07, 6.45) is 3.34. The lowest BCUT2D eigenvalue weighted by molar-refractivity contribution is -0.121. The van der Waals surface area contributed by atoms with Gasteiger partial charge in [0.25, 0.3) is 0 Å². The lowest BCUT2D eigenvalue weighted by Gasteiger charge is -2.34. The van der Waals surface area contributed by atoms with Gasteiger partial charge in [-0.25, -0.2) is 4.79 Å². The maximum atomic E-state index is 13.8. The standard InChI is InChI=1S/C32H41N3O8/c1-10-41-24-12-11-21-20(13-19-14-25(38-7)28(40-9)26(15-19)39-8)16-33-17-22(21)27(24)34-29(36)23-18-42-32(5,6)35(23)30(37)43-31(2,3)4/h11-12,14-17,23H,10,13,18H2,1-9H3,(H,34,36)/t23-/m0/s1. The van der Waals surface area contributed by atoms with Crippen LogP contribution in [0.3, 0.4) is 0 Å². The molecule has 0 radical (unpaired) electrons. The Kier molecular flexibility index (Phi) is 9.24. The van der Waals surface area contributed by atoms with Gasteiger partial charge in [0, 0.05) is 17.8 Å². The smallest absolute Gasteiger partial charge is 0.413 e. The second-order valence-electron chi connectivity index (χ2n) is 11.6. The Hall–Kier alpha value is -4.25. The molecule has 0 saturated carbocycles. The monoisotopic (exact) mass is 595 g/mol. The lowest BCUT2D eigenvalue weighted by Crippen LogP contribution is -2.53. The van der Waals surface area contributed by atoms with Crippen LogP contribution in [0.5, 0.6) is 23.0 Å². The highest BCUT2D eigenvalue weighted by Crippen LogP contribution is 2.40. The molecule has 11 heteroatoms. The van der Waals surface area contributed by atoms with Gasteiger partial charge in [-0.15, -0.1) is 0 Å². The largest absolute Gasteiger partial charge is 0.493 e. The maximum Gasteiger partial charge on any atom is 0.413 e. The fraction of sp³-hybridized carbons (Fsp3) is 0.469. The van der Waals surface area contributed by atoms with Crippen LogP contribution in [0.1, 0.15) is 52.7 Å². The van der Waals surface area contributed by atoms with E-state index in [2.05, 4.69) is 10.3 Å². The fourth-order valence-corrected chi connectivity index (χ4v) is 5.15. The number of fused-ring (bicyclic) bond motifs is 1. The number of rotatable bonds is 9. The summed E-state index contributed by atoms with van der Waals surface area (Å²) >= 11 is 0. The second-order valence-corrected chi connectivity index (χ2v) is 11.6. The van der Waals surface area contributed by atoms with E-state index in [4.69, 9.17) is 28.4 Å². The molecule has 43 heavy (non-hydrogen) atoms. The lowest BCUT2D eigenvalue weighted by atomic mass is 9.99. The summed E-state index contributed by atoms with van der Waals surface area (Å²) in [6.45, 7) is 11.0. The number of hydrogen-bond acceptors (Lipinski definition) is 9. The number of hydrogen-bond donors (Lipinski definition) is 1. The number of carbonyl (C=O) groups is 2. The Morgan fingerprint density at radius 2 is 1.70 bits per heavy atom. The highest BCUT2D eigenvalue weighted by molar-refractivity contribution is 6.07. The molecule has 232 valence electrons. The van der Waals surface area contributed by atoms with Crippen molar-refractivity contribution in [1.82, 2.24) is 9.88 Å². The van der Waals surface area contributed by atoms with Crippen molar-refractivity contribution in [2.24, 2.45) is 0 Å². The summed E-state index contributed by atoms with van der Waals surface area (Å²) in [7, 11) is 4.71. The molecular weight excluding hydrogens is 554 g/mol. The van der Waals surface area contributed by atoms with Crippen molar-refractivity contribution in [2.75, 3.05) is 39.9 Å². The van der Waals surface area contributed by atoms with Gasteiger partial charge < -0.3 is 33.7 Å². The molecule has 2 amide bonds. The van der Waals surface area contributed by atoms with Gasteiger partial charge in [0.15, 0.2) is 11.5 Å². The Labute approximate surface area is 252 Å². The molecule has 4 rings (SSSR count). The van der Waals surface area contributed by atoms with Crippen molar-refractivity contribution in [1.29, 1.82) is 0 Å². The number of methoxy groups -OCH3 is 3. The second kappa shape index (κ2) is 12.5. The SMILES string of the molecule is CCOc1ccc2c(Cc3cc(OC)c(OC)c(OC)c3)cncc2c1NC(=O)[C@@H]1COC(C)(C)N1C(=O)OC(C)(C)C. The predicted molar refractivity (Wildman–Crippen MR) is 162 cm³/mol. The Balaban J connectivity index is 1.72. The molecule has 2 aromatic carbocycles. The number of amides is 2. The van der Waals surface area contributed by atoms with Gasteiger partial charge in [-0.3, -0.25) is 14.7 Å². The van der Waals surface area contributed by atoms with Crippen LogP contribution < -0.4 is 24.3 Å². The zero-order chi connectivity index (χ0) is 31.5. The molecule has 1 atom stereocenters. The van der Waals surface area contributed by atoms with E-state index in [1.165, 1.54) is 4.90 Å². The number of benzene rings is 2. The average Bonchev–Trinajstić information content (AvgIpc) is 3.28. The van der Waals surface area contributed by atoms with Crippen molar-refractivity contribution in [2.45, 2.75) is 65.3 Å². The molecule has 1 saturated heterocycles. The van der Waals surface area contributed by atoms with E-state index in [0.717, 1.165) is 16.5 Å². The van der Waals surface area contributed by atoms with Crippen molar-refractivity contribution in [3.63, 3.8) is 0 Å². The summed E-state index contributed by atoms with van der Waals surface area (Å²) < 4.78 is 33.9. The maximum absolute atomic E-state index is 13.8. The highest BCUT2D eigenvalue weighted by atomic mass is 16.6. The number of carbonyl (C=O) groups excluding carboxylic acids is 2. The van der Waals surface area contributed by atoms with Gasteiger partial charge >= 0.3 is 6.09 Å². The van der Waals surface area contributed by atoms with E-state index < -0.39 is 29.4 Å². The number of nitrogens with zero attached hydrogens (tertiary/aromatic N) is 2. The molecule has 1 fully saturated rings. The molecule has 0 bridgehead atoms. The van der Waals surface area contributed by atoms with Crippen LogP contribution in [0.2, 0.25) is 0 Å². The first-order valence-corrected chi connectivity index (χ1v) is 14.1. The molecule has 0 spiro atoms. The molecule has 11 nitrogen and oxygen atoms in total. The van der Waals surface area contributed by atoms with Crippen LogP contribution in [-0.4, -0.2) is 73.8 Å². The minimum atomic E-state index is -1.04. The number of pyridine rings is 1. The van der Waals surface area contributed by atoms with E-state index in [1.807, 2.05) is 31.2 Å². The molecule has 1 N–H and O–H groups in total. The number of ether oxygens (including phenoxy) is 6. The number of anilines is 1. The summed E-state index contributed by atoms with van der Waals surface area (Å²) in [6, 6.07) is 6.63. The number of aromatic nitrogens is 1. The van der Waals surface area contributed by atoms with Crippen LogP contribution in [0.4, 0.5) is 10.5 Å². The minimum Gasteiger partial charge on any atom is -0.493 e. The normalized spacial score (nSPS) is 16.1. The van der Waals surface area contributed by atoms with E-state index in [9.17, 15) is 9.59 Å². The number of nitrogens with one attached hydrogen (secondary N) is 1. The zero-order valence-corrected chi connectivity index (χ0v) is 26.3. The Morgan fingerprint density at radius 3 is 2.28 bits per heavy atom. The Bertz CT molecular complexity index is 1470. The quantitative estimate of drug-likeness (QED) is 0.339. The van der Waals surface area contributed by atoms with E-state index in [1.54, 1.807) is 68.3 Å². The molecule has 1 aromatic heterocycles. The van der Waals surface area contributed by atoms with Crippen LogP contribution in [-0.2, 0) is 20.7 Å². The van der Waals surface area contributed by atoms with Crippen molar-refractivity contribution < 1.29 is 38.0 Å². The minimum absolute atomic E-state index is 0.0114. The van der Waals surface area contributed by atoms with E-state index >= 15 is 0 Å². The molecule has 0 aliphatic carbocycles. The zero-order valence-electron chi connectivity index (χ0n) is 26.3. The first-order valence-electron chi connectivity index (χ1n) is 14.1. The van der Waals surface area contributed by atoms with Gasteiger partial charge in [0.1, 0.15) is 23.1 Å². The first kappa shape index (κ1) is 31.7. The van der Waals surface area contributed by atoms with Gasteiger partial charge in [-0.1, -0.05) is 6.07 Å². The first-order chi connectivity index (χ1) is 20.3. The van der Waals surface area contributed by atoms with Crippen molar-refractivity contribution in [3.05, 3.63) is 47.8 Å². The van der Waals surface area contributed by atoms with Crippen LogP contribution >= 0.6 is 0 Å². The van der Waals surface area contributed by atoms with Crippen LogP contribution in [0.25, 0.3) is 10.8 Å². The third-order valence-corrected chi connectivity index (χ3v) is 7.03. The third kappa shape index (κ3) is 6.72. The predicted octanol–water partition coefficient (Wildman–Crippen LogP) is 5.56. The topological polar surface area (TPSA) is 118 Å². The van der Waals surface area contributed by atoms with Crippen molar-refractivity contribution in [3.8, 4) is 23.0 Å². The molecule has 1 aliphatic rings. The van der Waals surface area contributed by atoms with Gasteiger partial charge in [-0.05, 0) is 82.7 Å². The van der Waals surface area contributed by atoms with E-state index in [-0.39, 0.29) is 6.61 Å². The molecular formula is C32H41N3O8. The summed E-state index contributed by atoms with van der Waals surface area (Å²) in [5.74, 6) is 1.66. The average molecular weight is 596 g/mol. The van der Waals surface area contributed by atoms with Gasteiger partial charge in [0.2, 0.25) is 11.7 Å². The fourth-order valence-electron chi connectivity index (χ4n) is 5.15. The highest BCUT2D eigenvalue weighted by Gasteiger charge is 2.49. The summed E-state index contributed by atoms with van der Waals surface area (Å²) in [5, 5.41) is 4.57. The van der Waals surface area contributed by atoms with Crippen molar-refractivity contribution >= 4 is 28.5 Å². The van der Waals surface area contributed by atoms with E-state index in [0.29, 0.717) is 47.1 Å².